The predicted molar refractivity (Wildman–Crippen MR) is 136 cm³/mol. The van der Waals surface area contributed by atoms with Crippen LogP contribution >= 0.6 is 0 Å². The van der Waals surface area contributed by atoms with Gasteiger partial charge in [-0.2, -0.15) is 13.2 Å². The van der Waals surface area contributed by atoms with E-state index in [-0.39, 0.29) is 23.1 Å². The summed E-state index contributed by atoms with van der Waals surface area (Å²) in [5.74, 6) is 0.124. The third kappa shape index (κ3) is 4.61. The molecule has 0 aliphatic heterocycles. The molecule has 3 aromatic carbocycles. The summed E-state index contributed by atoms with van der Waals surface area (Å²) < 4.78 is 50.6. The van der Waals surface area contributed by atoms with Gasteiger partial charge in [0.2, 0.25) is 11.8 Å². The van der Waals surface area contributed by atoms with Crippen LogP contribution in [-0.2, 0) is 6.18 Å². The van der Waals surface area contributed by atoms with Crippen LogP contribution in [0.25, 0.3) is 33.5 Å². The average Bonchev–Trinajstić information content (AvgIpc) is 3.42. The second-order valence-corrected chi connectivity index (χ2v) is 8.40. The van der Waals surface area contributed by atoms with Gasteiger partial charge < -0.3 is 20.2 Å². The van der Waals surface area contributed by atoms with E-state index in [1.807, 2.05) is 6.92 Å². The summed E-state index contributed by atoms with van der Waals surface area (Å²) in [6, 6.07) is 11.2. The quantitative estimate of drug-likeness (QED) is 0.287. The summed E-state index contributed by atoms with van der Waals surface area (Å²) in [7, 11) is 1.49. The maximum Gasteiger partial charge on any atom is 0.416 e. The fourth-order valence-corrected chi connectivity index (χ4v) is 4.16. The third-order valence-corrected chi connectivity index (χ3v) is 5.93. The zero-order chi connectivity index (χ0) is 27.0. The molecule has 38 heavy (non-hydrogen) atoms. The number of nitrogens with two attached hydrogens (primary N) is 1. The molecule has 0 unspecified atom stereocenters. The molecule has 0 spiro atoms. The number of rotatable bonds is 5. The molecule has 5 aromatic rings. The molecule has 0 saturated carbocycles. The molecule has 0 radical (unpaired) electrons. The standard InChI is InChI=1S/C27H20F3N5O3/c1-14-6-7-15(24(36)34-18-5-3-4-17(12-18)27(28,29)30)10-19(14)20-11-16-13-33-26(31)35-22(16)21(23(20)37-2)25-32-8-9-38-25/h3-13H,1-2H3,(H,34,36)(H2,31,33,35). The van der Waals surface area contributed by atoms with Gasteiger partial charge in [0.25, 0.3) is 5.91 Å². The number of anilines is 2. The number of hydrogen-bond donors (Lipinski definition) is 2. The number of hydrogen-bond acceptors (Lipinski definition) is 7. The Bertz CT molecular complexity index is 1670. The molecule has 192 valence electrons. The highest BCUT2D eigenvalue weighted by Crippen LogP contribution is 2.44. The Morgan fingerprint density at radius 3 is 2.61 bits per heavy atom. The summed E-state index contributed by atoms with van der Waals surface area (Å²) >= 11 is 0. The first-order valence-corrected chi connectivity index (χ1v) is 11.3. The van der Waals surface area contributed by atoms with Crippen LogP contribution in [0.2, 0.25) is 0 Å². The first-order chi connectivity index (χ1) is 18.2. The summed E-state index contributed by atoms with van der Waals surface area (Å²) in [6.07, 6.45) is -0.0600. The number of aromatic nitrogens is 3. The summed E-state index contributed by atoms with van der Waals surface area (Å²) in [6.45, 7) is 1.86. The lowest BCUT2D eigenvalue weighted by molar-refractivity contribution is -0.137. The second-order valence-electron chi connectivity index (χ2n) is 8.40. The summed E-state index contributed by atoms with van der Waals surface area (Å²) in [5, 5.41) is 3.16. The van der Waals surface area contributed by atoms with E-state index in [4.69, 9.17) is 14.9 Å². The molecular weight excluding hydrogens is 499 g/mol. The van der Waals surface area contributed by atoms with Crippen molar-refractivity contribution in [3.05, 3.63) is 83.9 Å². The van der Waals surface area contributed by atoms with Gasteiger partial charge >= 0.3 is 6.18 Å². The Labute approximate surface area is 214 Å². The van der Waals surface area contributed by atoms with Crippen molar-refractivity contribution in [3.63, 3.8) is 0 Å². The Balaban J connectivity index is 1.62. The number of oxazole rings is 1. The first kappa shape index (κ1) is 24.8. The van der Waals surface area contributed by atoms with Crippen molar-refractivity contribution in [1.29, 1.82) is 0 Å². The highest BCUT2D eigenvalue weighted by atomic mass is 19.4. The molecule has 0 fully saturated rings. The largest absolute Gasteiger partial charge is 0.495 e. The van der Waals surface area contributed by atoms with Gasteiger partial charge in [-0.1, -0.05) is 12.1 Å². The summed E-state index contributed by atoms with van der Waals surface area (Å²) in [4.78, 5) is 25.7. The highest BCUT2D eigenvalue weighted by molar-refractivity contribution is 6.06. The molecule has 2 aromatic heterocycles. The zero-order valence-electron chi connectivity index (χ0n) is 20.1. The number of ether oxygens (including phenoxy) is 1. The highest BCUT2D eigenvalue weighted by Gasteiger charge is 2.30. The van der Waals surface area contributed by atoms with Crippen LogP contribution in [0.5, 0.6) is 5.75 Å². The number of nitrogens with one attached hydrogen (secondary N) is 1. The normalized spacial score (nSPS) is 11.5. The topological polar surface area (TPSA) is 116 Å². The van der Waals surface area contributed by atoms with E-state index < -0.39 is 17.6 Å². The van der Waals surface area contributed by atoms with Gasteiger partial charge in [0, 0.05) is 28.4 Å². The van der Waals surface area contributed by atoms with Gasteiger partial charge in [-0.15, -0.1) is 0 Å². The molecule has 0 saturated heterocycles. The molecule has 0 bridgehead atoms. The Kier molecular flexibility index (Phi) is 6.19. The Hall–Kier alpha value is -4.93. The van der Waals surface area contributed by atoms with E-state index in [2.05, 4.69) is 20.3 Å². The number of aryl methyl sites for hydroxylation is 1. The maximum absolute atomic E-state index is 13.1. The van der Waals surface area contributed by atoms with Crippen molar-refractivity contribution in [2.45, 2.75) is 13.1 Å². The van der Waals surface area contributed by atoms with Crippen molar-refractivity contribution in [2.24, 2.45) is 0 Å². The SMILES string of the molecule is COc1c(-c2cc(C(=O)Nc3cccc(C(F)(F)F)c3)ccc2C)cc2cnc(N)nc2c1-c1ncco1. The van der Waals surface area contributed by atoms with Gasteiger partial charge in [-0.3, -0.25) is 4.79 Å². The van der Waals surface area contributed by atoms with Crippen LogP contribution in [0.4, 0.5) is 24.8 Å². The fraction of sp³-hybridized carbons (Fsp3) is 0.111. The summed E-state index contributed by atoms with van der Waals surface area (Å²) in [5.41, 5.74) is 8.22. The van der Waals surface area contributed by atoms with Gasteiger partial charge in [0.05, 0.1) is 24.4 Å². The predicted octanol–water partition coefficient (Wildman–Crippen LogP) is 6.12. The van der Waals surface area contributed by atoms with E-state index >= 15 is 0 Å². The second kappa shape index (κ2) is 9.51. The monoisotopic (exact) mass is 519 g/mol. The van der Waals surface area contributed by atoms with Crippen molar-refractivity contribution >= 4 is 28.4 Å². The number of methoxy groups -OCH3 is 1. The van der Waals surface area contributed by atoms with Crippen molar-refractivity contribution in [2.75, 3.05) is 18.2 Å². The minimum atomic E-state index is -4.53. The van der Waals surface area contributed by atoms with Gasteiger partial charge in [-0.05, 0) is 54.4 Å². The molecule has 5 rings (SSSR count). The number of halogens is 3. The van der Waals surface area contributed by atoms with E-state index in [1.165, 1.54) is 31.7 Å². The minimum Gasteiger partial charge on any atom is -0.495 e. The van der Waals surface area contributed by atoms with Gasteiger partial charge in [-0.25, -0.2) is 15.0 Å². The van der Waals surface area contributed by atoms with Crippen molar-refractivity contribution < 1.29 is 27.1 Å². The van der Waals surface area contributed by atoms with E-state index in [0.717, 1.165) is 17.7 Å². The zero-order valence-corrected chi connectivity index (χ0v) is 20.1. The number of nitrogens with zero attached hydrogens (tertiary/aromatic N) is 3. The molecule has 3 N–H and O–H groups in total. The van der Waals surface area contributed by atoms with Gasteiger partial charge in [0.1, 0.15) is 17.6 Å². The molecule has 2 heterocycles. The molecule has 8 nitrogen and oxygen atoms in total. The number of nitrogen functional groups attached to an aromatic ring is 1. The number of alkyl halides is 3. The number of carbonyl (C=O) groups excluding carboxylic acids is 1. The van der Waals surface area contributed by atoms with Crippen LogP contribution in [0, 0.1) is 6.92 Å². The average molecular weight is 519 g/mol. The molecule has 0 aliphatic carbocycles. The Morgan fingerprint density at radius 1 is 1.08 bits per heavy atom. The molecule has 0 aliphatic rings. The van der Waals surface area contributed by atoms with E-state index in [1.54, 1.807) is 30.5 Å². The van der Waals surface area contributed by atoms with Crippen molar-refractivity contribution in [3.8, 4) is 28.3 Å². The third-order valence-electron chi connectivity index (χ3n) is 5.93. The lowest BCUT2D eigenvalue weighted by Gasteiger charge is -2.17. The van der Waals surface area contributed by atoms with Crippen LogP contribution < -0.4 is 15.8 Å². The van der Waals surface area contributed by atoms with Crippen LogP contribution in [0.1, 0.15) is 21.5 Å². The van der Waals surface area contributed by atoms with Crippen LogP contribution in [0.15, 0.2) is 71.6 Å². The number of fused-ring (bicyclic) bond motifs is 1. The molecule has 1 amide bonds. The van der Waals surface area contributed by atoms with Crippen LogP contribution in [-0.4, -0.2) is 28.0 Å². The van der Waals surface area contributed by atoms with Crippen molar-refractivity contribution in [1.82, 2.24) is 15.0 Å². The van der Waals surface area contributed by atoms with Gasteiger partial charge in [0.15, 0.2) is 0 Å². The minimum absolute atomic E-state index is 0.0242. The smallest absolute Gasteiger partial charge is 0.416 e. The Morgan fingerprint density at radius 2 is 1.89 bits per heavy atom. The number of benzene rings is 3. The van der Waals surface area contributed by atoms with E-state index in [9.17, 15) is 18.0 Å². The number of amides is 1. The van der Waals surface area contributed by atoms with Crippen LogP contribution in [0.3, 0.4) is 0 Å². The fourth-order valence-electron chi connectivity index (χ4n) is 4.16. The first-order valence-electron chi connectivity index (χ1n) is 11.3. The van der Waals surface area contributed by atoms with E-state index in [0.29, 0.717) is 33.3 Å². The molecule has 11 heteroatoms. The maximum atomic E-state index is 13.1. The number of carbonyl (C=O) groups is 1. The molecule has 0 atom stereocenters. The lowest BCUT2D eigenvalue weighted by atomic mass is 9.93. The molecular formula is C27H20F3N5O3. The lowest BCUT2D eigenvalue weighted by Crippen LogP contribution is -2.13.